The molecule has 19 heavy (non-hydrogen) atoms. The Hall–Kier alpha value is -1.13. The van der Waals surface area contributed by atoms with Crippen LogP contribution in [0.5, 0.6) is 0 Å². The lowest BCUT2D eigenvalue weighted by Gasteiger charge is -2.26. The van der Waals surface area contributed by atoms with E-state index >= 15 is 0 Å². The summed E-state index contributed by atoms with van der Waals surface area (Å²) < 4.78 is 14.0. The van der Waals surface area contributed by atoms with Gasteiger partial charge in [-0.15, -0.1) is 0 Å². The van der Waals surface area contributed by atoms with Crippen LogP contribution in [0.2, 0.25) is 0 Å². The molecule has 0 aromatic heterocycles. The van der Waals surface area contributed by atoms with E-state index in [9.17, 15) is 9.50 Å². The minimum absolute atomic E-state index is 0.262. The highest BCUT2D eigenvalue weighted by molar-refractivity contribution is 5.55. The van der Waals surface area contributed by atoms with Crippen molar-refractivity contribution in [2.45, 2.75) is 25.9 Å². The Morgan fingerprint density at radius 1 is 1.37 bits per heavy atom. The Kier molecular flexibility index (Phi) is 4.77. The number of hydrogen-bond acceptors (Lipinski definition) is 3. The molecule has 0 unspecified atom stereocenters. The predicted octanol–water partition coefficient (Wildman–Crippen LogP) is 2.41. The van der Waals surface area contributed by atoms with Crippen molar-refractivity contribution < 1.29 is 9.50 Å². The van der Waals surface area contributed by atoms with Gasteiger partial charge in [0.2, 0.25) is 0 Å². The lowest BCUT2D eigenvalue weighted by Crippen LogP contribution is -2.32. The van der Waals surface area contributed by atoms with E-state index in [1.165, 1.54) is 18.9 Å². The van der Waals surface area contributed by atoms with Gasteiger partial charge in [0.05, 0.1) is 11.8 Å². The Bertz CT molecular complexity index is 417. The SMILES string of the molecule is C[C@@H](O)c1cccc(F)c1N(C)CCN1CCCC1. The van der Waals surface area contributed by atoms with Crippen LogP contribution in [-0.2, 0) is 0 Å². The molecule has 106 valence electrons. The van der Waals surface area contributed by atoms with Crippen LogP contribution in [0.25, 0.3) is 0 Å². The largest absolute Gasteiger partial charge is 0.389 e. The van der Waals surface area contributed by atoms with Gasteiger partial charge in [0.15, 0.2) is 0 Å². The lowest BCUT2D eigenvalue weighted by molar-refractivity contribution is 0.199. The molecule has 1 N–H and O–H groups in total. The molecule has 3 nitrogen and oxygen atoms in total. The number of anilines is 1. The molecular formula is C15H23FN2O. The molecule has 1 fully saturated rings. The van der Waals surface area contributed by atoms with Crippen LogP contribution >= 0.6 is 0 Å². The molecule has 0 bridgehead atoms. The zero-order valence-corrected chi connectivity index (χ0v) is 11.8. The van der Waals surface area contributed by atoms with E-state index in [-0.39, 0.29) is 5.82 Å². The van der Waals surface area contributed by atoms with Crippen molar-refractivity contribution in [2.75, 3.05) is 38.1 Å². The molecule has 0 radical (unpaired) electrons. The average molecular weight is 266 g/mol. The molecule has 1 aromatic rings. The number of nitrogens with zero attached hydrogens (tertiary/aromatic N) is 2. The molecule has 1 saturated heterocycles. The first-order chi connectivity index (χ1) is 9.09. The first-order valence-corrected chi connectivity index (χ1v) is 6.99. The third-order valence-corrected chi connectivity index (χ3v) is 3.80. The van der Waals surface area contributed by atoms with Crippen LogP contribution in [0.15, 0.2) is 18.2 Å². The zero-order valence-electron chi connectivity index (χ0n) is 11.8. The highest BCUT2D eigenvalue weighted by Gasteiger charge is 2.17. The Labute approximate surface area is 114 Å². The van der Waals surface area contributed by atoms with Crippen molar-refractivity contribution in [3.63, 3.8) is 0 Å². The Balaban J connectivity index is 2.06. The number of aliphatic hydroxyl groups is 1. The van der Waals surface area contributed by atoms with Gasteiger partial charge in [0.1, 0.15) is 5.82 Å². The maximum atomic E-state index is 14.0. The first-order valence-electron chi connectivity index (χ1n) is 6.99. The fraction of sp³-hybridized carbons (Fsp3) is 0.600. The quantitative estimate of drug-likeness (QED) is 0.886. The van der Waals surface area contributed by atoms with E-state index < -0.39 is 6.10 Å². The Morgan fingerprint density at radius 3 is 2.68 bits per heavy atom. The summed E-state index contributed by atoms with van der Waals surface area (Å²) in [5, 5.41) is 9.75. The van der Waals surface area contributed by atoms with E-state index in [4.69, 9.17) is 0 Å². The Morgan fingerprint density at radius 2 is 2.05 bits per heavy atom. The van der Waals surface area contributed by atoms with E-state index in [1.54, 1.807) is 19.1 Å². The summed E-state index contributed by atoms with van der Waals surface area (Å²) in [4.78, 5) is 4.31. The number of hydrogen-bond donors (Lipinski definition) is 1. The summed E-state index contributed by atoms with van der Waals surface area (Å²) in [6.07, 6.45) is 1.88. The van der Waals surface area contributed by atoms with Crippen LogP contribution in [0.3, 0.4) is 0 Å². The van der Waals surface area contributed by atoms with Crippen molar-refractivity contribution in [1.82, 2.24) is 4.90 Å². The van der Waals surface area contributed by atoms with Crippen LogP contribution in [-0.4, -0.2) is 43.2 Å². The van der Waals surface area contributed by atoms with E-state index in [1.807, 2.05) is 11.9 Å². The number of para-hydroxylation sites is 1. The van der Waals surface area contributed by atoms with E-state index in [0.29, 0.717) is 11.3 Å². The molecule has 1 aliphatic rings. The fourth-order valence-corrected chi connectivity index (χ4v) is 2.68. The highest BCUT2D eigenvalue weighted by atomic mass is 19.1. The van der Waals surface area contributed by atoms with Crippen LogP contribution in [0.1, 0.15) is 31.4 Å². The van der Waals surface area contributed by atoms with Crippen LogP contribution < -0.4 is 4.90 Å². The van der Waals surface area contributed by atoms with Crippen molar-refractivity contribution >= 4 is 5.69 Å². The highest BCUT2D eigenvalue weighted by Crippen LogP contribution is 2.28. The van der Waals surface area contributed by atoms with Crippen molar-refractivity contribution in [2.24, 2.45) is 0 Å². The van der Waals surface area contributed by atoms with Crippen molar-refractivity contribution in [3.05, 3.63) is 29.6 Å². The number of halogens is 1. The number of aliphatic hydroxyl groups excluding tert-OH is 1. The van der Waals surface area contributed by atoms with Crippen LogP contribution in [0.4, 0.5) is 10.1 Å². The zero-order chi connectivity index (χ0) is 13.8. The summed E-state index contributed by atoms with van der Waals surface area (Å²) >= 11 is 0. The van der Waals surface area contributed by atoms with Crippen molar-refractivity contribution in [1.29, 1.82) is 0 Å². The first kappa shape index (κ1) is 14.3. The molecule has 2 rings (SSSR count). The second-order valence-corrected chi connectivity index (χ2v) is 5.32. The second kappa shape index (κ2) is 6.35. The third-order valence-electron chi connectivity index (χ3n) is 3.80. The molecule has 1 atom stereocenters. The smallest absolute Gasteiger partial charge is 0.146 e. The topological polar surface area (TPSA) is 26.7 Å². The molecule has 0 amide bonds. The molecule has 1 aromatic carbocycles. The third kappa shape index (κ3) is 3.45. The molecule has 0 aliphatic carbocycles. The van der Waals surface area contributed by atoms with Gasteiger partial charge in [-0.05, 0) is 38.9 Å². The summed E-state index contributed by atoms with van der Waals surface area (Å²) in [5.74, 6) is -0.262. The summed E-state index contributed by atoms with van der Waals surface area (Å²) in [7, 11) is 1.89. The number of likely N-dealkylation sites (tertiary alicyclic amines) is 1. The summed E-state index contributed by atoms with van der Waals surface area (Å²) in [6.45, 7) is 5.69. The van der Waals surface area contributed by atoms with Gasteiger partial charge in [-0.1, -0.05) is 12.1 Å². The van der Waals surface area contributed by atoms with E-state index in [0.717, 1.165) is 26.2 Å². The predicted molar refractivity (Wildman–Crippen MR) is 76.0 cm³/mol. The number of rotatable bonds is 5. The molecule has 0 spiro atoms. The van der Waals surface area contributed by atoms with Gasteiger partial charge in [0, 0.05) is 25.7 Å². The molecular weight excluding hydrogens is 243 g/mol. The normalized spacial score (nSPS) is 17.7. The van der Waals surface area contributed by atoms with Gasteiger partial charge < -0.3 is 14.9 Å². The molecule has 1 heterocycles. The van der Waals surface area contributed by atoms with Gasteiger partial charge in [-0.25, -0.2) is 4.39 Å². The summed E-state index contributed by atoms with van der Waals surface area (Å²) in [6, 6.07) is 4.89. The van der Waals surface area contributed by atoms with Crippen LogP contribution in [0, 0.1) is 5.82 Å². The van der Waals surface area contributed by atoms with Gasteiger partial charge in [0.25, 0.3) is 0 Å². The second-order valence-electron chi connectivity index (χ2n) is 5.32. The van der Waals surface area contributed by atoms with Crippen molar-refractivity contribution in [3.8, 4) is 0 Å². The molecule has 0 saturated carbocycles. The molecule has 1 aliphatic heterocycles. The van der Waals surface area contributed by atoms with Gasteiger partial charge in [-0.3, -0.25) is 0 Å². The minimum Gasteiger partial charge on any atom is -0.389 e. The monoisotopic (exact) mass is 266 g/mol. The lowest BCUT2D eigenvalue weighted by atomic mass is 10.1. The summed E-state index contributed by atoms with van der Waals surface area (Å²) in [5.41, 5.74) is 1.18. The maximum Gasteiger partial charge on any atom is 0.146 e. The van der Waals surface area contributed by atoms with Gasteiger partial charge >= 0.3 is 0 Å². The van der Waals surface area contributed by atoms with E-state index in [2.05, 4.69) is 4.90 Å². The number of benzene rings is 1. The average Bonchev–Trinajstić information content (AvgIpc) is 2.88. The maximum absolute atomic E-state index is 14.0. The standard InChI is InChI=1S/C15H23FN2O/c1-12(19)13-6-5-7-14(16)15(13)17(2)10-11-18-8-3-4-9-18/h5-7,12,19H,3-4,8-11H2,1-2H3/t12-/m1/s1. The fourth-order valence-electron chi connectivity index (χ4n) is 2.68. The minimum atomic E-state index is -0.653. The van der Waals surface area contributed by atoms with Gasteiger partial charge in [-0.2, -0.15) is 0 Å². The number of likely N-dealkylation sites (N-methyl/N-ethyl adjacent to an activating group) is 1. The molecule has 4 heteroatoms.